The molecular formula is C29H24BClN6O. The summed E-state index contributed by atoms with van der Waals surface area (Å²) in [5.41, 5.74) is 6.28. The topological polar surface area (TPSA) is 95.1 Å². The second-order valence-electron chi connectivity index (χ2n) is 9.05. The lowest BCUT2D eigenvalue weighted by molar-refractivity contribution is 0.102. The number of carbonyl (C=O) groups is 1. The molecule has 0 spiro atoms. The number of aromatic nitrogens is 3. The van der Waals surface area contributed by atoms with Gasteiger partial charge in [0.15, 0.2) is 5.65 Å². The molecule has 0 fully saturated rings. The van der Waals surface area contributed by atoms with Crippen LogP contribution in [0.15, 0.2) is 85.1 Å². The number of nitrogens with one attached hydrogen (secondary N) is 2. The Hall–Kier alpha value is -4.61. The average Bonchev–Trinajstić information content (AvgIpc) is 3.32. The highest BCUT2D eigenvalue weighted by Crippen LogP contribution is 2.28. The zero-order valence-electron chi connectivity index (χ0n) is 20.9. The van der Waals surface area contributed by atoms with Crippen LogP contribution in [0.1, 0.15) is 34.3 Å². The first-order valence-electron chi connectivity index (χ1n) is 12.2. The average molecular weight is 519 g/mol. The van der Waals surface area contributed by atoms with Crippen LogP contribution < -0.4 is 16.1 Å². The van der Waals surface area contributed by atoms with Crippen LogP contribution in [0.25, 0.3) is 16.9 Å². The zero-order valence-corrected chi connectivity index (χ0v) is 21.7. The summed E-state index contributed by atoms with van der Waals surface area (Å²) in [7, 11) is 1.97. The van der Waals surface area contributed by atoms with Crippen LogP contribution in [-0.4, -0.2) is 28.4 Å². The number of hydrogen-bond acceptors (Lipinski definition) is 5. The minimum Gasteiger partial charge on any atom is -0.366 e. The lowest BCUT2D eigenvalue weighted by atomic mass is 10.0. The first-order chi connectivity index (χ1) is 18.4. The van der Waals surface area contributed by atoms with Gasteiger partial charge in [-0.2, -0.15) is 14.9 Å². The molecule has 1 unspecified atom stereocenters. The third kappa shape index (κ3) is 5.24. The Balaban J connectivity index is 1.36. The summed E-state index contributed by atoms with van der Waals surface area (Å²) in [6.07, 6.45) is 1.78. The number of nitriles is 1. The van der Waals surface area contributed by atoms with E-state index in [0.29, 0.717) is 22.8 Å². The molecule has 3 aromatic carbocycles. The molecule has 0 saturated heterocycles. The van der Waals surface area contributed by atoms with E-state index in [1.807, 2.05) is 75.4 Å². The summed E-state index contributed by atoms with van der Waals surface area (Å²) in [5.74, 6) is 0.263. The molecule has 5 rings (SSSR count). The largest absolute Gasteiger partial charge is 0.366 e. The molecule has 0 aliphatic rings. The minimum absolute atomic E-state index is 0.227. The van der Waals surface area contributed by atoms with Gasteiger partial charge < -0.3 is 10.6 Å². The second-order valence-corrected chi connectivity index (χ2v) is 9.46. The SMILES string of the molecule is Bc1cnn2c(NCc3cccc(NC(=O)c4cccc(C(C)C#N)c4)c3)cc(-c3ccccc3Cl)nc12. The molecule has 186 valence electrons. The van der Waals surface area contributed by atoms with Crippen LogP contribution in [0.5, 0.6) is 0 Å². The van der Waals surface area contributed by atoms with E-state index in [1.54, 1.807) is 28.9 Å². The molecule has 1 atom stereocenters. The van der Waals surface area contributed by atoms with Crippen LogP contribution in [0, 0.1) is 11.3 Å². The van der Waals surface area contributed by atoms with Gasteiger partial charge in [-0.3, -0.25) is 4.79 Å². The van der Waals surface area contributed by atoms with Crippen molar-refractivity contribution >= 4 is 48.0 Å². The van der Waals surface area contributed by atoms with Crippen molar-refractivity contribution in [2.75, 3.05) is 10.6 Å². The van der Waals surface area contributed by atoms with E-state index in [0.717, 1.165) is 39.3 Å². The van der Waals surface area contributed by atoms with Gasteiger partial charge in [0.1, 0.15) is 13.7 Å². The van der Waals surface area contributed by atoms with Crippen LogP contribution in [0.3, 0.4) is 0 Å². The Labute approximate surface area is 226 Å². The van der Waals surface area contributed by atoms with E-state index in [4.69, 9.17) is 16.6 Å². The fraction of sp³-hybridized carbons (Fsp3) is 0.103. The van der Waals surface area contributed by atoms with Crippen molar-refractivity contribution < 1.29 is 4.79 Å². The van der Waals surface area contributed by atoms with Crippen molar-refractivity contribution in [1.29, 1.82) is 5.26 Å². The number of anilines is 2. The normalized spacial score (nSPS) is 11.6. The Morgan fingerprint density at radius 2 is 1.92 bits per heavy atom. The number of rotatable bonds is 7. The number of carbonyl (C=O) groups excluding carboxylic acids is 1. The second kappa shape index (κ2) is 10.8. The lowest BCUT2D eigenvalue weighted by Crippen LogP contribution is -2.13. The number of nitrogens with zero attached hydrogens (tertiary/aromatic N) is 4. The smallest absolute Gasteiger partial charge is 0.255 e. The van der Waals surface area contributed by atoms with Crippen LogP contribution in [-0.2, 0) is 6.54 Å². The zero-order chi connectivity index (χ0) is 26.6. The molecule has 0 saturated carbocycles. The molecule has 7 nitrogen and oxygen atoms in total. The fourth-order valence-corrected chi connectivity index (χ4v) is 4.42. The Kier molecular flexibility index (Phi) is 7.12. The van der Waals surface area contributed by atoms with Crippen LogP contribution in [0.4, 0.5) is 11.5 Å². The maximum absolute atomic E-state index is 12.9. The number of fused-ring (bicyclic) bond motifs is 1. The van der Waals surface area contributed by atoms with Crippen molar-refractivity contribution in [2.24, 2.45) is 0 Å². The van der Waals surface area contributed by atoms with Crippen molar-refractivity contribution in [3.05, 3.63) is 107 Å². The molecule has 2 N–H and O–H groups in total. The minimum atomic E-state index is -0.284. The van der Waals surface area contributed by atoms with E-state index in [-0.39, 0.29) is 11.8 Å². The molecule has 1 amide bonds. The molecule has 5 aromatic rings. The molecule has 2 heterocycles. The van der Waals surface area contributed by atoms with Gasteiger partial charge in [0.25, 0.3) is 5.91 Å². The number of hydrogen-bond donors (Lipinski definition) is 2. The lowest BCUT2D eigenvalue weighted by Gasteiger charge is -2.13. The fourth-order valence-electron chi connectivity index (χ4n) is 4.18. The standard InChI is InChI=1S/C29H24BClN6O/c1-18(15-32)20-7-5-8-21(13-20)29(38)35-22-9-4-6-19(12-22)16-33-27-14-26(23-10-2-3-11-25(23)31)36-28-24(30)17-34-37(27)28/h2-14,17-18,33H,16,30H2,1H3,(H,35,38). The number of halogens is 1. The van der Waals surface area contributed by atoms with E-state index >= 15 is 0 Å². The highest BCUT2D eigenvalue weighted by molar-refractivity contribution is 6.36. The van der Waals surface area contributed by atoms with Gasteiger partial charge in [-0.05, 0) is 53.8 Å². The van der Waals surface area contributed by atoms with Gasteiger partial charge >= 0.3 is 0 Å². The molecule has 0 aliphatic heterocycles. The van der Waals surface area contributed by atoms with Crippen molar-refractivity contribution in [3.63, 3.8) is 0 Å². The van der Waals surface area contributed by atoms with E-state index < -0.39 is 0 Å². The summed E-state index contributed by atoms with van der Waals surface area (Å²) >= 11 is 6.45. The van der Waals surface area contributed by atoms with Gasteiger partial charge in [-0.15, -0.1) is 0 Å². The third-order valence-corrected chi connectivity index (χ3v) is 6.63. The summed E-state index contributed by atoms with van der Waals surface area (Å²) in [6, 6.07) is 26.6. The van der Waals surface area contributed by atoms with Crippen molar-refractivity contribution in [3.8, 4) is 17.3 Å². The molecule has 38 heavy (non-hydrogen) atoms. The van der Waals surface area contributed by atoms with Crippen molar-refractivity contribution in [1.82, 2.24) is 14.6 Å². The molecule has 9 heteroatoms. The Morgan fingerprint density at radius 1 is 1.11 bits per heavy atom. The van der Waals surface area contributed by atoms with E-state index in [9.17, 15) is 10.1 Å². The molecule has 0 bridgehead atoms. The summed E-state index contributed by atoms with van der Waals surface area (Å²) in [5, 5.41) is 20.7. The number of benzene rings is 3. The maximum Gasteiger partial charge on any atom is 0.255 e. The highest BCUT2D eigenvalue weighted by Gasteiger charge is 2.13. The van der Waals surface area contributed by atoms with Gasteiger partial charge in [0.2, 0.25) is 0 Å². The van der Waals surface area contributed by atoms with Crippen LogP contribution in [0.2, 0.25) is 5.02 Å². The summed E-state index contributed by atoms with van der Waals surface area (Å²) in [4.78, 5) is 17.7. The van der Waals surface area contributed by atoms with Gasteiger partial charge in [-0.1, -0.05) is 54.1 Å². The molecule has 2 aromatic heterocycles. The highest BCUT2D eigenvalue weighted by atomic mass is 35.5. The first-order valence-corrected chi connectivity index (χ1v) is 12.5. The predicted molar refractivity (Wildman–Crippen MR) is 154 cm³/mol. The van der Waals surface area contributed by atoms with Gasteiger partial charge in [0.05, 0.1) is 17.7 Å². The molecule has 0 radical (unpaired) electrons. The Bertz CT molecular complexity index is 1690. The summed E-state index contributed by atoms with van der Waals surface area (Å²) in [6.45, 7) is 2.31. The molecular weight excluding hydrogens is 495 g/mol. The van der Waals surface area contributed by atoms with E-state index in [1.165, 1.54) is 0 Å². The number of amides is 1. The third-order valence-electron chi connectivity index (χ3n) is 6.30. The van der Waals surface area contributed by atoms with E-state index in [2.05, 4.69) is 21.8 Å². The predicted octanol–water partition coefficient (Wildman–Crippen LogP) is 4.80. The Morgan fingerprint density at radius 3 is 2.74 bits per heavy atom. The quantitative estimate of drug-likeness (QED) is 0.302. The first kappa shape index (κ1) is 25.1. The van der Waals surface area contributed by atoms with Gasteiger partial charge in [-0.25, -0.2) is 4.98 Å². The van der Waals surface area contributed by atoms with Crippen LogP contribution >= 0.6 is 11.6 Å². The monoisotopic (exact) mass is 518 g/mol. The maximum atomic E-state index is 12.9. The van der Waals surface area contributed by atoms with Gasteiger partial charge in [0, 0.05) is 40.6 Å². The molecule has 0 aliphatic carbocycles. The van der Waals surface area contributed by atoms with Crippen molar-refractivity contribution in [2.45, 2.75) is 19.4 Å². The summed E-state index contributed by atoms with van der Waals surface area (Å²) < 4.78 is 1.77.